The van der Waals surface area contributed by atoms with Gasteiger partial charge in [-0.2, -0.15) is 23.0 Å². The van der Waals surface area contributed by atoms with Crippen molar-refractivity contribution in [2.45, 2.75) is 19.1 Å². The molecule has 4 aromatic rings. The maximum absolute atomic E-state index is 13.1. The van der Waals surface area contributed by atoms with Gasteiger partial charge in [0.2, 0.25) is 0 Å². The molecule has 0 aliphatic heterocycles. The first-order valence-electron chi connectivity index (χ1n) is 9.59. The molecule has 0 unspecified atom stereocenters. The van der Waals surface area contributed by atoms with Crippen LogP contribution in [0.15, 0.2) is 65.6 Å². The minimum atomic E-state index is -4.57. The molecule has 0 saturated heterocycles. The van der Waals surface area contributed by atoms with Gasteiger partial charge in [0.1, 0.15) is 5.69 Å². The van der Waals surface area contributed by atoms with E-state index in [2.05, 4.69) is 15.4 Å². The Morgan fingerprint density at radius 2 is 1.94 bits per heavy atom. The Labute approximate surface area is 179 Å². The molecule has 0 bridgehead atoms. The van der Waals surface area contributed by atoms with Gasteiger partial charge in [-0.15, -0.1) is 0 Å². The predicted octanol–water partition coefficient (Wildman–Crippen LogP) is 3.81. The second-order valence-corrected chi connectivity index (χ2v) is 7.27. The zero-order chi connectivity index (χ0) is 23.0. The van der Waals surface area contributed by atoms with Crippen molar-refractivity contribution in [1.82, 2.24) is 20.1 Å². The molecule has 0 saturated carbocycles. The van der Waals surface area contributed by atoms with E-state index < -0.39 is 29.2 Å². The lowest BCUT2D eigenvalue weighted by molar-refractivity contribution is -0.137. The van der Waals surface area contributed by atoms with Gasteiger partial charge in [-0.3, -0.25) is 9.59 Å². The van der Waals surface area contributed by atoms with E-state index in [1.807, 2.05) is 6.07 Å². The topological polar surface area (TPSA) is 106 Å². The SMILES string of the molecule is C[C@@H](NC(=O)c1ccc(=O)n(-c2cccc3[nH]ccc23)n1)c1cc(N)cc(C(F)(F)F)c1. The van der Waals surface area contributed by atoms with E-state index in [4.69, 9.17) is 5.73 Å². The van der Waals surface area contributed by atoms with Gasteiger partial charge in [-0.1, -0.05) is 6.07 Å². The van der Waals surface area contributed by atoms with Crippen LogP contribution < -0.4 is 16.6 Å². The zero-order valence-corrected chi connectivity index (χ0v) is 16.8. The van der Waals surface area contributed by atoms with Crippen molar-refractivity contribution in [2.24, 2.45) is 0 Å². The molecular formula is C22H18F3N5O2. The van der Waals surface area contributed by atoms with Crippen LogP contribution in [0.2, 0.25) is 0 Å². The highest BCUT2D eigenvalue weighted by Crippen LogP contribution is 2.32. The first kappa shape index (κ1) is 21.2. The molecule has 0 radical (unpaired) electrons. The van der Waals surface area contributed by atoms with Gasteiger partial charge in [-0.25, -0.2) is 0 Å². The Morgan fingerprint density at radius 1 is 1.16 bits per heavy atom. The van der Waals surface area contributed by atoms with Crippen molar-refractivity contribution >= 4 is 22.5 Å². The molecule has 0 fully saturated rings. The highest BCUT2D eigenvalue weighted by Gasteiger charge is 2.31. The van der Waals surface area contributed by atoms with Crippen LogP contribution in [0.3, 0.4) is 0 Å². The van der Waals surface area contributed by atoms with Crippen molar-refractivity contribution in [3.8, 4) is 5.69 Å². The standard InChI is InChI=1S/C22H18F3N5O2/c1-12(13-9-14(22(23,24)25)11-15(26)10-13)28-21(32)18-5-6-20(31)30(29-18)19-4-2-3-17-16(19)7-8-27-17/h2-12,27H,26H2,1H3,(H,28,32)/t12-/m1/s1. The van der Waals surface area contributed by atoms with Crippen LogP contribution in [0, 0.1) is 0 Å². The average molecular weight is 441 g/mol. The number of halogens is 3. The van der Waals surface area contributed by atoms with Crippen LogP contribution in [0.4, 0.5) is 18.9 Å². The molecule has 0 spiro atoms. The van der Waals surface area contributed by atoms with E-state index in [1.165, 1.54) is 25.1 Å². The smallest absolute Gasteiger partial charge is 0.399 e. The number of carbonyl (C=O) groups excluding carboxylic acids is 1. The zero-order valence-electron chi connectivity index (χ0n) is 16.8. The molecule has 1 atom stereocenters. The monoisotopic (exact) mass is 441 g/mol. The summed E-state index contributed by atoms with van der Waals surface area (Å²) in [4.78, 5) is 28.2. The molecule has 1 amide bonds. The van der Waals surface area contributed by atoms with Gasteiger partial charge in [0.05, 0.1) is 17.3 Å². The molecule has 2 heterocycles. The number of amides is 1. The normalized spacial score (nSPS) is 12.6. The number of benzene rings is 2. The van der Waals surface area contributed by atoms with Gasteiger partial charge in [0.15, 0.2) is 0 Å². The number of alkyl halides is 3. The van der Waals surface area contributed by atoms with E-state index in [9.17, 15) is 22.8 Å². The largest absolute Gasteiger partial charge is 0.416 e. The molecular weight excluding hydrogens is 423 g/mol. The summed E-state index contributed by atoms with van der Waals surface area (Å²) in [5.41, 5.74) is 5.61. The number of nitrogens with two attached hydrogens (primary N) is 1. The number of nitrogens with zero attached hydrogens (tertiary/aromatic N) is 2. The van der Waals surface area contributed by atoms with Gasteiger partial charge in [0, 0.05) is 28.9 Å². The second-order valence-electron chi connectivity index (χ2n) is 7.27. The number of aromatic nitrogens is 3. The number of anilines is 1. The molecule has 0 aliphatic rings. The van der Waals surface area contributed by atoms with Gasteiger partial charge in [0.25, 0.3) is 11.5 Å². The number of nitrogen functional groups attached to an aromatic ring is 1. The molecule has 4 rings (SSSR count). The summed E-state index contributed by atoms with van der Waals surface area (Å²) < 4.78 is 40.4. The van der Waals surface area contributed by atoms with Crippen LogP contribution in [-0.4, -0.2) is 20.7 Å². The summed E-state index contributed by atoms with van der Waals surface area (Å²) in [5, 5.41) is 7.51. The number of rotatable bonds is 4. The van der Waals surface area contributed by atoms with Crippen LogP contribution in [0.5, 0.6) is 0 Å². The van der Waals surface area contributed by atoms with Gasteiger partial charge < -0.3 is 16.0 Å². The third-order valence-electron chi connectivity index (χ3n) is 4.99. The number of fused-ring (bicyclic) bond motifs is 1. The Hall–Kier alpha value is -4.08. The number of nitrogens with one attached hydrogen (secondary N) is 2. The van der Waals surface area contributed by atoms with Crippen LogP contribution in [0.1, 0.15) is 34.6 Å². The minimum absolute atomic E-state index is 0.0658. The van der Waals surface area contributed by atoms with Crippen molar-refractivity contribution in [1.29, 1.82) is 0 Å². The fourth-order valence-electron chi connectivity index (χ4n) is 3.40. The van der Waals surface area contributed by atoms with Crippen molar-refractivity contribution in [2.75, 3.05) is 5.73 Å². The highest BCUT2D eigenvalue weighted by atomic mass is 19.4. The third-order valence-corrected chi connectivity index (χ3v) is 4.99. The van der Waals surface area contributed by atoms with E-state index in [0.717, 1.165) is 27.7 Å². The maximum Gasteiger partial charge on any atom is 0.416 e. The lowest BCUT2D eigenvalue weighted by Gasteiger charge is -2.17. The number of hydrogen-bond donors (Lipinski definition) is 3. The summed E-state index contributed by atoms with van der Waals surface area (Å²) in [7, 11) is 0. The summed E-state index contributed by atoms with van der Waals surface area (Å²) in [5.74, 6) is -0.650. The third kappa shape index (κ3) is 4.07. The average Bonchev–Trinajstić information content (AvgIpc) is 3.22. The highest BCUT2D eigenvalue weighted by molar-refractivity contribution is 5.92. The Morgan fingerprint density at radius 3 is 2.69 bits per heavy atom. The predicted molar refractivity (Wildman–Crippen MR) is 113 cm³/mol. The summed E-state index contributed by atoms with van der Waals surface area (Å²) in [6.07, 6.45) is -2.84. The fraction of sp³-hybridized carbons (Fsp3) is 0.136. The number of hydrogen-bond acceptors (Lipinski definition) is 4. The molecule has 32 heavy (non-hydrogen) atoms. The lowest BCUT2D eigenvalue weighted by atomic mass is 10.0. The van der Waals surface area contributed by atoms with Crippen LogP contribution >= 0.6 is 0 Å². The van der Waals surface area contributed by atoms with Crippen LogP contribution in [-0.2, 0) is 6.18 Å². The molecule has 7 nitrogen and oxygen atoms in total. The maximum atomic E-state index is 13.1. The van der Waals surface area contributed by atoms with Crippen LogP contribution in [0.25, 0.3) is 16.6 Å². The Balaban J connectivity index is 1.64. The molecule has 10 heteroatoms. The van der Waals surface area contributed by atoms with Crippen molar-refractivity contribution in [3.05, 3.63) is 88.0 Å². The van der Waals surface area contributed by atoms with E-state index in [0.29, 0.717) is 5.69 Å². The van der Waals surface area contributed by atoms with E-state index in [1.54, 1.807) is 24.4 Å². The molecule has 4 N–H and O–H groups in total. The second kappa shape index (κ2) is 7.88. The van der Waals surface area contributed by atoms with Gasteiger partial charge in [-0.05, 0) is 55.0 Å². The Bertz CT molecular complexity index is 1370. The molecule has 2 aromatic carbocycles. The number of aromatic amines is 1. The first-order chi connectivity index (χ1) is 15.1. The number of carbonyl (C=O) groups is 1. The van der Waals surface area contributed by atoms with Gasteiger partial charge >= 0.3 is 6.18 Å². The van der Waals surface area contributed by atoms with E-state index in [-0.39, 0.29) is 16.9 Å². The Kier molecular flexibility index (Phi) is 5.21. The first-order valence-corrected chi connectivity index (χ1v) is 9.59. The number of H-pyrrole nitrogens is 1. The summed E-state index contributed by atoms with van der Waals surface area (Å²) in [6, 6.07) is 11.9. The lowest BCUT2D eigenvalue weighted by Crippen LogP contribution is -2.31. The summed E-state index contributed by atoms with van der Waals surface area (Å²) >= 11 is 0. The summed E-state index contributed by atoms with van der Waals surface area (Å²) in [6.45, 7) is 1.53. The molecule has 0 aliphatic carbocycles. The van der Waals surface area contributed by atoms with E-state index >= 15 is 0 Å². The fourth-order valence-corrected chi connectivity index (χ4v) is 3.40. The van der Waals surface area contributed by atoms with Crippen molar-refractivity contribution in [3.63, 3.8) is 0 Å². The molecule has 2 aromatic heterocycles. The molecule has 164 valence electrons. The quantitative estimate of drug-likeness (QED) is 0.419. The van der Waals surface area contributed by atoms with Crippen molar-refractivity contribution < 1.29 is 18.0 Å². The minimum Gasteiger partial charge on any atom is -0.399 e.